The molecule has 1 aliphatic rings. The van der Waals surface area contributed by atoms with Crippen molar-refractivity contribution in [2.75, 3.05) is 0 Å². The van der Waals surface area contributed by atoms with Crippen LogP contribution in [0.5, 0.6) is 5.75 Å². The Morgan fingerprint density at radius 1 is 1.13 bits per heavy atom. The first-order chi connectivity index (χ1) is 10.9. The van der Waals surface area contributed by atoms with Crippen molar-refractivity contribution in [1.29, 1.82) is 0 Å². The van der Waals surface area contributed by atoms with Crippen molar-refractivity contribution < 1.29 is 8.85 Å². The van der Waals surface area contributed by atoms with Crippen LogP contribution in [0.2, 0.25) is 6.04 Å². The molecule has 1 atom stereocenters. The van der Waals surface area contributed by atoms with Crippen LogP contribution in [0, 0.1) is 0 Å². The fourth-order valence-corrected chi connectivity index (χ4v) is 7.08. The predicted octanol–water partition coefficient (Wildman–Crippen LogP) is 3.99. The first-order valence-electron chi connectivity index (χ1n) is 7.14. The second-order valence-electron chi connectivity index (χ2n) is 5.32. The zero-order valence-electron chi connectivity index (χ0n) is 12.3. The van der Waals surface area contributed by atoms with E-state index in [1.54, 1.807) is 0 Å². The summed E-state index contributed by atoms with van der Waals surface area (Å²) < 4.78 is 12.6. The molecule has 0 aliphatic carbocycles. The normalized spacial score (nSPS) is 20.5. The fourth-order valence-electron chi connectivity index (χ4n) is 2.61. The van der Waals surface area contributed by atoms with Crippen molar-refractivity contribution in [3.8, 4) is 5.75 Å². The molecule has 0 bridgehead atoms. The highest BCUT2D eigenvalue weighted by Gasteiger charge is 2.44. The summed E-state index contributed by atoms with van der Waals surface area (Å²) in [6.07, 6.45) is 1.85. The van der Waals surface area contributed by atoms with E-state index in [1.807, 2.05) is 54.6 Å². The molecule has 1 heterocycles. The number of hydrogen-bond donors (Lipinski definition) is 0. The molecule has 0 spiro atoms. The van der Waals surface area contributed by atoms with Gasteiger partial charge in [0, 0.05) is 16.8 Å². The van der Waals surface area contributed by atoms with Crippen molar-refractivity contribution >= 4 is 58.2 Å². The molecular weight excluding hydrogens is 387 g/mol. The molecular formula is C16H15Cl3O2Si2. The first kappa shape index (κ1) is 17.1. The first-order valence-corrected chi connectivity index (χ1v) is 14.2. The van der Waals surface area contributed by atoms with Crippen LogP contribution in [0.4, 0.5) is 0 Å². The molecule has 0 saturated carbocycles. The Hall–Kier alpha value is -0.756. The molecule has 0 N–H and O–H groups in total. The van der Waals surface area contributed by atoms with E-state index in [9.17, 15) is 0 Å². The van der Waals surface area contributed by atoms with Gasteiger partial charge in [-0.3, -0.25) is 0 Å². The fraction of sp³-hybridized carbons (Fsp3) is 0.125. The molecule has 1 aliphatic heterocycles. The molecule has 23 heavy (non-hydrogen) atoms. The average molecular weight is 402 g/mol. The maximum atomic E-state index is 6.35. The summed E-state index contributed by atoms with van der Waals surface area (Å²) in [5, 5.41) is 1.83. The summed E-state index contributed by atoms with van der Waals surface area (Å²) >= 11 is 18.3. The Kier molecular flexibility index (Phi) is 4.92. The van der Waals surface area contributed by atoms with E-state index in [4.69, 9.17) is 42.1 Å². The average Bonchev–Trinajstić information content (AvgIpc) is 2.54. The Bertz CT molecular complexity index is 719. The second-order valence-corrected chi connectivity index (χ2v) is 16.7. The van der Waals surface area contributed by atoms with E-state index in [2.05, 4.69) is 6.58 Å². The van der Waals surface area contributed by atoms with Crippen LogP contribution < -0.4 is 14.8 Å². The predicted molar refractivity (Wildman–Crippen MR) is 102 cm³/mol. The lowest BCUT2D eigenvalue weighted by Gasteiger charge is -2.36. The monoisotopic (exact) mass is 400 g/mol. The number of hydrogen-bond acceptors (Lipinski definition) is 2. The molecule has 3 rings (SSSR count). The number of fused-ring (bicyclic) bond motifs is 1. The third-order valence-electron chi connectivity index (χ3n) is 3.75. The van der Waals surface area contributed by atoms with Gasteiger partial charge in [-0.1, -0.05) is 48.5 Å². The van der Waals surface area contributed by atoms with Crippen molar-refractivity contribution in [3.05, 3.63) is 66.7 Å². The highest BCUT2D eigenvalue weighted by molar-refractivity contribution is 7.69. The Balaban J connectivity index is 1.99. The van der Waals surface area contributed by atoms with Gasteiger partial charge in [-0.2, -0.15) is 0 Å². The van der Waals surface area contributed by atoms with E-state index in [0.717, 1.165) is 21.7 Å². The third kappa shape index (κ3) is 3.52. The third-order valence-corrected chi connectivity index (χ3v) is 9.88. The van der Waals surface area contributed by atoms with Gasteiger partial charge in [0.25, 0.3) is 0 Å². The van der Waals surface area contributed by atoms with E-state index in [0.29, 0.717) is 12.7 Å². The van der Waals surface area contributed by atoms with Gasteiger partial charge in [0.1, 0.15) is 5.75 Å². The van der Waals surface area contributed by atoms with E-state index in [-0.39, 0.29) is 0 Å². The van der Waals surface area contributed by atoms with E-state index >= 15 is 0 Å². The van der Waals surface area contributed by atoms with Crippen LogP contribution >= 0.6 is 33.2 Å². The lowest BCUT2D eigenvalue weighted by molar-refractivity contribution is 0.214. The number of halogens is 3. The lowest BCUT2D eigenvalue weighted by atomic mass is 10.2. The van der Waals surface area contributed by atoms with Crippen LogP contribution in [0.15, 0.2) is 61.2 Å². The van der Waals surface area contributed by atoms with Crippen LogP contribution in [-0.4, -0.2) is 14.6 Å². The summed E-state index contributed by atoms with van der Waals surface area (Å²) in [4.78, 5) is 0. The maximum absolute atomic E-state index is 6.35. The zero-order chi connectivity index (χ0) is 16.5. The van der Waals surface area contributed by atoms with Gasteiger partial charge in [-0.25, -0.2) is 0 Å². The highest BCUT2D eigenvalue weighted by Crippen LogP contribution is 2.32. The lowest BCUT2D eigenvalue weighted by Crippen LogP contribution is -2.57. The molecule has 120 valence electrons. The molecule has 0 amide bonds. The number of allylic oxidation sites excluding steroid dienone is 1. The maximum Gasteiger partial charge on any atom is 0.437 e. The summed E-state index contributed by atoms with van der Waals surface area (Å²) in [5.74, 6) is 0.806. The van der Waals surface area contributed by atoms with E-state index < -0.39 is 14.6 Å². The van der Waals surface area contributed by atoms with Gasteiger partial charge in [0.2, 0.25) is 0 Å². The van der Waals surface area contributed by atoms with Gasteiger partial charge < -0.3 is 8.85 Å². The molecule has 2 aromatic rings. The number of rotatable bonds is 4. The number of benzene rings is 2. The van der Waals surface area contributed by atoms with Crippen LogP contribution in [0.25, 0.3) is 0 Å². The Morgan fingerprint density at radius 2 is 1.87 bits per heavy atom. The van der Waals surface area contributed by atoms with Crippen LogP contribution in [-0.2, 0) is 11.0 Å². The van der Waals surface area contributed by atoms with Crippen molar-refractivity contribution in [1.82, 2.24) is 0 Å². The second kappa shape index (κ2) is 6.63. The van der Waals surface area contributed by atoms with Gasteiger partial charge in [-0.05, 0) is 11.3 Å². The molecule has 7 heteroatoms. The van der Waals surface area contributed by atoms with Gasteiger partial charge in [0.15, 0.2) is 0 Å². The van der Waals surface area contributed by atoms with Crippen molar-refractivity contribution in [2.45, 2.75) is 12.7 Å². The Morgan fingerprint density at radius 3 is 2.52 bits per heavy atom. The molecule has 0 fully saturated rings. The van der Waals surface area contributed by atoms with E-state index in [1.165, 1.54) is 0 Å². The minimum Gasteiger partial charge on any atom is -0.517 e. The largest absolute Gasteiger partial charge is 0.517 e. The Labute approximate surface area is 152 Å². The molecule has 0 aromatic heterocycles. The van der Waals surface area contributed by atoms with Crippen LogP contribution in [0.1, 0.15) is 5.56 Å². The van der Waals surface area contributed by atoms with Crippen molar-refractivity contribution in [3.63, 3.8) is 0 Å². The quantitative estimate of drug-likeness (QED) is 0.438. The molecule has 2 aromatic carbocycles. The topological polar surface area (TPSA) is 18.5 Å². The smallest absolute Gasteiger partial charge is 0.437 e. The molecule has 0 radical (unpaired) electrons. The molecule has 2 nitrogen and oxygen atoms in total. The summed E-state index contributed by atoms with van der Waals surface area (Å²) in [7, 11) is -2.58. The summed E-state index contributed by atoms with van der Waals surface area (Å²) in [6, 6.07) is 13.4. The molecule has 1 unspecified atom stereocenters. The molecule has 0 saturated heterocycles. The SMILES string of the molecule is C=CC[Si]1(c2ccccc2)OCc2cc([Si](Cl)(Cl)Cl)ccc2O1. The summed E-state index contributed by atoms with van der Waals surface area (Å²) in [5.41, 5.74) is 0.921. The summed E-state index contributed by atoms with van der Waals surface area (Å²) in [6.45, 7) is 4.31. The zero-order valence-corrected chi connectivity index (χ0v) is 16.5. The van der Waals surface area contributed by atoms with Crippen molar-refractivity contribution in [2.24, 2.45) is 0 Å². The van der Waals surface area contributed by atoms with Gasteiger partial charge in [-0.15, -0.1) is 39.8 Å². The highest BCUT2D eigenvalue weighted by atomic mass is 35.8. The minimum atomic E-state index is -2.91. The standard InChI is InChI=1S/C16H15Cl3O2Si2/c1-2-10-22(14-6-4-3-5-7-14)20-12-13-11-15(23(17,18)19)8-9-16(13)21-22/h2-9,11H,1,10,12H2. The van der Waals surface area contributed by atoms with Gasteiger partial charge in [0.05, 0.1) is 6.61 Å². The minimum absolute atomic E-state index is 0.452. The van der Waals surface area contributed by atoms with Gasteiger partial charge >= 0.3 is 14.6 Å². The van der Waals surface area contributed by atoms with Crippen LogP contribution in [0.3, 0.4) is 0 Å².